The van der Waals surface area contributed by atoms with E-state index in [4.69, 9.17) is 5.11 Å². The molecule has 0 bridgehead atoms. The van der Waals surface area contributed by atoms with Gasteiger partial charge in [-0.05, 0) is 37.9 Å². The van der Waals surface area contributed by atoms with E-state index < -0.39 is 0 Å². The molecule has 19 heavy (non-hydrogen) atoms. The summed E-state index contributed by atoms with van der Waals surface area (Å²) in [4.78, 5) is 4.65. The molecule has 0 saturated carbocycles. The molecule has 3 nitrogen and oxygen atoms in total. The Kier molecular flexibility index (Phi) is 5.31. The molecule has 104 valence electrons. The molecule has 0 aliphatic rings. The highest BCUT2D eigenvalue weighted by Crippen LogP contribution is 2.22. The Labute approximate surface area is 118 Å². The van der Waals surface area contributed by atoms with E-state index in [9.17, 15) is 0 Å². The van der Waals surface area contributed by atoms with Crippen LogP contribution in [0.3, 0.4) is 0 Å². The normalized spacial score (nSPS) is 14.7. The number of hydrogen-bond acceptors (Lipinski definition) is 4. The van der Waals surface area contributed by atoms with Gasteiger partial charge in [-0.25, -0.2) is 4.98 Å². The van der Waals surface area contributed by atoms with Crippen molar-refractivity contribution in [3.05, 3.63) is 29.3 Å². The van der Waals surface area contributed by atoms with Gasteiger partial charge >= 0.3 is 0 Å². The molecule has 0 amide bonds. The maximum absolute atomic E-state index is 8.88. The van der Waals surface area contributed by atoms with E-state index in [0.29, 0.717) is 12.0 Å². The van der Waals surface area contributed by atoms with Crippen molar-refractivity contribution < 1.29 is 5.11 Å². The van der Waals surface area contributed by atoms with Crippen molar-refractivity contribution in [1.82, 2.24) is 10.3 Å². The number of rotatable bonds is 7. The molecule has 0 fully saturated rings. The van der Waals surface area contributed by atoms with Crippen molar-refractivity contribution in [3.63, 3.8) is 0 Å². The maximum Gasteiger partial charge on any atom is 0.0954 e. The Balaban J connectivity index is 1.86. The molecule has 4 heteroatoms. The summed E-state index contributed by atoms with van der Waals surface area (Å²) >= 11 is 1.78. The zero-order valence-corrected chi connectivity index (χ0v) is 12.4. The summed E-state index contributed by atoms with van der Waals surface area (Å²) in [6.45, 7) is 5.58. The van der Waals surface area contributed by atoms with E-state index in [1.807, 2.05) is 6.07 Å². The van der Waals surface area contributed by atoms with Gasteiger partial charge in [-0.2, -0.15) is 0 Å². The number of aliphatic hydroxyl groups excluding tert-OH is 1. The molecule has 0 aliphatic heterocycles. The second kappa shape index (κ2) is 6.98. The minimum absolute atomic E-state index is 0.273. The number of hydrogen-bond donors (Lipinski definition) is 2. The number of nitrogens with one attached hydrogen (secondary N) is 1. The molecule has 2 atom stereocenters. The number of aliphatic hydroxyl groups is 1. The third kappa shape index (κ3) is 4.27. The minimum atomic E-state index is 0.273. The number of benzene rings is 1. The van der Waals surface area contributed by atoms with Crippen molar-refractivity contribution in [2.24, 2.45) is 5.92 Å². The van der Waals surface area contributed by atoms with Gasteiger partial charge in [-0.3, -0.25) is 0 Å². The van der Waals surface area contributed by atoms with E-state index in [-0.39, 0.29) is 6.61 Å². The predicted molar refractivity (Wildman–Crippen MR) is 81.7 cm³/mol. The van der Waals surface area contributed by atoms with Crippen LogP contribution < -0.4 is 5.32 Å². The van der Waals surface area contributed by atoms with Crippen LogP contribution in [0, 0.1) is 5.92 Å². The Morgan fingerprint density at radius 2 is 2.11 bits per heavy atom. The van der Waals surface area contributed by atoms with Gasteiger partial charge in [0.05, 0.1) is 15.2 Å². The summed E-state index contributed by atoms with van der Waals surface area (Å²) in [5.74, 6) is 0.516. The summed E-state index contributed by atoms with van der Waals surface area (Å²) < 4.78 is 1.26. The Bertz CT molecular complexity index is 479. The van der Waals surface area contributed by atoms with Crippen LogP contribution in [-0.2, 0) is 6.42 Å². The SMILES string of the molecule is CC(CCO)CNC(C)Cc1nc2ccccc2s1. The minimum Gasteiger partial charge on any atom is -0.396 e. The molecular formula is C15H22N2OS. The lowest BCUT2D eigenvalue weighted by Crippen LogP contribution is -2.32. The van der Waals surface area contributed by atoms with Crippen molar-refractivity contribution in [2.45, 2.75) is 32.7 Å². The fraction of sp³-hybridized carbons (Fsp3) is 0.533. The first-order chi connectivity index (χ1) is 9.19. The first kappa shape index (κ1) is 14.4. The highest BCUT2D eigenvalue weighted by Gasteiger charge is 2.09. The van der Waals surface area contributed by atoms with Crippen LogP contribution in [0.4, 0.5) is 0 Å². The molecule has 2 aromatic rings. The van der Waals surface area contributed by atoms with Gasteiger partial charge < -0.3 is 10.4 Å². The molecule has 1 aromatic carbocycles. The summed E-state index contributed by atoms with van der Waals surface area (Å²) in [6.07, 6.45) is 1.83. The first-order valence-electron chi connectivity index (χ1n) is 6.87. The van der Waals surface area contributed by atoms with Crippen molar-refractivity contribution in [2.75, 3.05) is 13.2 Å². The smallest absolute Gasteiger partial charge is 0.0954 e. The first-order valence-corrected chi connectivity index (χ1v) is 7.69. The van der Waals surface area contributed by atoms with Gasteiger partial charge in [0.15, 0.2) is 0 Å². The Hall–Kier alpha value is -0.970. The molecule has 2 N–H and O–H groups in total. The van der Waals surface area contributed by atoms with E-state index in [1.54, 1.807) is 11.3 Å². The summed E-state index contributed by atoms with van der Waals surface area (Å²) in [5.41, 5.74) is 1.10. The molecule has 0 spiro atoms. The lowest BCUT2D eigenvalue weighted by Gasteiger charge is -2.16. The Morgan fingerprint density at radius 1 is 1.32 bits per heavy atom. The lowest BCUT2D eigenvalue weighted by atomic mass is 10.1. The van der Waals surface area contributed by atoms with Crippen molar-refractivity contribution in [1.29, 1.82) is 0 Å². The number of thiazole rings is 1. The van der Waals surface area contributed by atoms with Crippen LogP contribution in [0.15, 0.2) is 24.3 Å². The molecule has 2 unspecified atom stereocenters. The molecular weight excluding hydrogens is 256 g/mol. The van der Waals surface area contributed by atoms with Crippen LogP contribution in [0.25, 0.3) is 10.2 Å². The van der Waals surface area contributed by atoms with E-state index >= 15 is 0 Å². The number of fused-ring (bicyclic) bond motifs is 1. The Morgan fingerprint density at radius 3 is 2.84 bits per heavy atom. The highest BCUT2D eigenvalue weighted by atomic mass is 32.1. The van der Waals surface area contributed by atoms with E-state index in [2.05, 4.69) is 42.3 Å². The summed E-state index contributed by atoms with van der Waals surface area (Å²) in [7, 11) is 0. The van der Waals surface area contributed by atoms with E-state index in [0.717, 1.165) is 24.9 Å². The summed E-state index contributed by atoms with van der Waals surface area (Å²) in [6, 6.07) is 8.70. The van der Waals surface area contributed by atoms with Gasteiger partial charge in [0.1, 0.15) is 0 Å². The molecule has 0 saturated heterocycles. The zero-order valence-electron chi connectivity index (χ0n) is 11.6. The monoisotopic (exact) mass is 278 g/mol. The third-order valence-corrected chi connectivity index (χ3v) is 4.31. The standard InChI is InChI=1S/C15H22N2OS/c1-11(7-8-18)10-16-12(2)9-15-17-13-5-3-4-6-14(13)19-15/h3-6,11-12,16,18H,7-10H2,1-2H3. The number of nitrogens with zero attached hydrogens (tertiary/aromatic N) is 1. The van der Waals surface area contributed by atoms with Crippen LogP contribution in [0.5, 0.6) is 0 Å². The average Bonchev–Trinajstić information content (AvgIpc) is 2.78. The quantitative estimate of drug-likeness (QED) is 0.818. The molecule has 1 aromatic heterocycles. The second-order valence-electron chi connectivity index (χ2n) is 5.21. The third-order valence-electron chi connectivity index (χ3n) is 3.26. The second-order valence-corrected chi connectivity index (χ2v) is 6.32. The average molecular weight is 278 g/mol. The maximum atomic E-state index is 8.88. The molecule has 0 radical (unpaired) electrons. The topological polar surface area (TPSA) is 45.1 Å². The van der Waals surface area contributed by atoms with Crippen LogP contribution in [-0.4, -0.2) is 29.3 Å². The number of aromatic nitrogens is 1. The van der Waals surface area contributed by atoms with Gasteiger partial charge in [-0.15, -0.1) is 11.3 Å². The van der Waals surface area contributed by atoms with Crippen LogP contribution in [0.1, 0.15) is 25.3 Å². The fourth-order valence-corrected chi connectivity index (χ4v) is 3.16. The van der Waals surface area contributed by atoms with E-state index in [1.165, 1.54) is 9.71 Å². The molecule has 2 rings (SSSR count). The largest absolute Gasteiger partial charge is 0.396 e. The summed E-state index contributed by atoms with van der Waals surface area (Å²) in [5, 5.41) is 13.6. The van der Waals surface area contributed by atoms with Gasteiger partial charge in [0.25, 0.3) is 0 Å². The van der Waals surface area contributed by atoms with Crippen molar-refractivity contribution in [3.8, 4) is 0 Å². The van der Waals surface area contributed by atoms with Gasteiger partial charge in [0, 0.05) is 19.1 Å². The lowest BCUT2D eigenvalue weighted by molar-refractivity contribution is 0.258. The number of para-hydroxylation sites is 1. The van der Waals surface area contributed by atoms with Crippen molar-refractivity contribution >= 4 is 21.6 Å². The van der Waals surface area contributed by atoms with Crippen LogP contribution in [0.2, 0.25) is 0 Å². The van der Waals surface area contributed by atoms with Gasteiger partial charge in [-0.1, -0.05) is 19.1 Å². The zero-order chi connectivity index (χ0) is 13.7. The predicted octanol–water partition coefficient (Wildman–Crippen LogP) is 2.84. The van der Waals surface area contributed by atoms with Crippen LogP contribution >= 0.6 is 11.3 Å². The molecule has 0 aliphatic carbocycles. The highest BCUT2D eigenvalue weighted by molar-refractivity contribution is 7.18. The molecule has 1 heterocycles. The fourth-order valence-electron chi connectivity index (χ4n) is 2.07. The van der Waals surface area contributed by atoms with Gasteiger partial charge in [0.2, 0.25) is 0 Å².